The fourth-order valence-corrected chi connectivity index (χ4v) is 2.11. The Hall–Kier alpha value is -3.13. The van der Waals surface area contributed by atoms with E-state index in [9.17, 15) is 4.79 Å². The van der Waals surface area contributed by atoms with E-state index >= 15 is 0 Å². The summed E-state index contributed by atoms with van der Waals surface area (Å²) in [6.45, 7) is 1.88. The van der Waals surface area contributed by atoms with E-state index in [0.29, 0.717) is 22.6 Å². The quantitative estimate of drug-likeness (QED) is 0.782. The molecule has 0 radical (unpaired) electrons. The standard InChI is InChI=1S/C16H12N4O/c1-11-5-6-12(9-17)8-13(11)19-16(21)14-10-18-15-4-2-3-7-20(14)15/h2-8,10H,1H3,(H,19,21). The van der Waals surface area contributed by atoms with Gasteiger partial charge in [-0.1, -0.05) is 12.1 Å². The van der Waals surface area contributed by atoms with Gasteiger partial charge >= 0.3 is 0 Å². The van der Waals surface area contributed by atoms with Gasteiger partial charge in [-0.15, -0.1) is 0 Å². The summed E-state index contributed by atoms with van der Waals surface area (Å²) in [6, 6.07) is 12.8. The summed E-state index contributed by atoms with van der Waals surface area (Å²) in [5, 5.41) is 11.8. The molecule has 0 saturated carbocycles. The van der Waals surface area contributed by atoms with Crippen molar-refractivity contribution >= 4 is 17.2 Å². The first kappa shape index (κ1) is 12.9. The van der Waals surface area contributed by atoms with Crippen molar-refractivity contribution in [3.8, 4) is 6.07 Å². The predicted octanol–water partition coefficient (Wildman–Crippen LogP) is 2.77. The van der Waals surface area contributed by atoms with E-state index in [1.165, 1.54) is 6.20 Å². The maximum atomic E-state index is 12.4. The molecule has 0 aliphatic heterocycles. The average molecular weight is 276 g/mol. The topological polar surface area (TPSA) is 70.2 Å². The minimum atomic E-state index is -0.258. The summed E-state index contributed by atoms with van der Waals surface area (Å²) >= 11 is 0. The van der Waals surface area contributed by atoms with Crippen LogP contribution in [-0.2, 0) is 0 Å². The summed E-state index contributed by atoms with van der Waals surface area (Å²) in [7, 11) is 0. The number of nitrogens with zero attached hydrogens (tertiary/aromatic N) is 3. The van der Waals surface area contributed by atoms with Crippen molar-refractivity contribution in [1.29, 1.82) is 5.26 Å². The van der Waals surface area contributed by atoms with Crippen LogP contribution in [0.15, 0.2) is 48.8 Å². The second-order valence-electron chi connectivity index (χ2n) is 4.67. The third-order valence-corrected chi connectivity index (χ3v) is 3.26. The number of carbonyl (C=O) groups excluding carboxylic acids is 1. The van der Waals surface area contributed by atoms with Crippen LogP contribution in [0.4, 0.5) is 5.69 Å². The number of rotatable bonds is 2. The first-order chi connectivity index (χ1) is 10.2. The lowest BCUT2D eigenvalue weighted by molar-refractivity contribution is 0.102. The van der Waals surface area contributed by atoms with Crippen LogP contribution in [-0.4, -0.2) is 15.3 Å². The normalized spacial score (nSPS) is 10.3. The zero-order chi connectivity index (χ0) is 14.8. The number of aryl methyl sites for hydroxylation is 1. The lowest BCUT2D eigenvalue weighted by Gasteiger charge is -2.08. The van der Waals surface area contributed by atoms with E-state index in [1.54, 1.807) is 22.7 Å². The number of fused-ring (bicyclic) bond motifs is 1. The third kappa shape index (κ3) is 2.35. The zero-order valence-electron chi connectivity index (χ0n) is 11.4. The fourth-order valence-electron chi connectivity index (χ4n) is 2.11. The van der Waals surface area contributed by atoms with Crippen LogP contribution in [0.3, 0.4) is 0 Å². The summed E-state index contributed by atoms with van der Waals surface area (Å²) < 4.78 is 1.72. The van der Waals surface area contributed by atoms with Gasteiger partial charge in [0.15, 0.2) is 0 Å². The molecule has 21 heavy (non-hydrogen) atoms. The highest BCUT2D eigenvalue weighted by atomic mass is 16.1. The monoisotopic (exact) mass is 276 g/mol. The van der Waals surface area contributed by atoms with Crippen molar-refractivity contribution in [2.24, 2.45) is 0 Å². The summed E-state index contributed by atoms with van der Waals surface area (Å²) in [5.74, 6) is -0.258. The first-order valence-electron chi connectivity index (χ1n) is 6.43. The largest absolute Gasteiger partial charge is 0.320 e. The summed E-state index contributed by atoms with van der Waals surface area (Å²) in [6.07, 6.45) is 3.32. The van der Waals surface area contributed by atoms with E-state index in [1.807, 2.05) is 31.2 Å². The van der Waals surface area contributed by atoms with Crippen LogP contribution in [0.25, 0.3) is 5.65 Å². The summed E-state index contributed by atoms with van der Waals surface area (Å²) in [4.78, 5) is 16.6. The van der Waals surface area contributed by atoms with Crippen molar-refractivity contribution in [3.05, 3.63) is 65.6 Å². The van der Waals surface area contributed by atoms with E-state index < -0.39 is 0 Å². The molecule has 0 aliphatic rings. The molecule has 1 amide bonds. The number of pyridine rings is 1. The van der Waals surface area contributed by atoms with Gasteiger partial charge in [0, 0.05) is 11.9 Å². The molecule has 5 nitrogen and oxygen atoms in total. The lowest BCUT2D eigenvalue weighted by atomic mass is 10.1. The molecule has 5 heteroatoms. The van der Waals surface area contributed by atoms with Gasteiger partial charge in [-0.05, 0) is 36.8 Å². The molecule has 0 saturated heterocycles. The fraction of sp³-hybridized carbons (Fsp3) is 0.0625. The Bertz CT molecular complexity index is 873. The molecule has 1 N–H and O–H groups in total. The number of carbonyl (C=O) groups is 1. The average Bonchev–Trinajstić information content (AvgIpc) is 2.93. The Morgan fingerprint density at radius 3 is 3.00 bits per heavy atom. The van der Waals surface area contributed by atoms with Crippen LogP contribution >= 0.6 is 0 Å². The number of anilines is 1. The molecule has 3 rings (SSSR count). The number of benzene rings is 1. The van der Waals surface area contributed by atoms with Crippen molar-refractivity contribution in [1.82, 2.24) is 9.38 Å². The third-order valence-electron chi connectivity index (χ3n) is 3.26. The summed E-state index contributed by atoms with van der Waals surface area (Å²) in [5.41, 5.74) is 3.20. The van der Waals surface area contributed by atoms with E-state index in [4.69, 9.17) is 5.26 Å². The van der Waals surface area contributed by atoms with Gasteiger partial charge in [-0.2, -0.15) is 5.26 Å². The minimum Gasteiger partial charge on any atom is -0.320 e. The smallest absolute Gasteiger partial charge is 0.274 e. The molecule has 3 aromatic rings. The number of nitrogens with one attached hydrogen (secondary N) is 1. The molecular weight excluding hydrogens is 264 g/mol. The highest BCUT2D eigenvalue weighted by Crippen LogP contribution is 2.18. The van der Waals surface area contributed by atoms with Crippen LogP contribution in [0, 0.1) is 18.3 Å². The molecule has 1 aromatic carbocycles. The number of hydrogen-bond acceptors (Lipinski definition) is 3. The number of aromatic nitrogens is 2. The van der Waals surface area contributed by atoms with Crippen molar-refractivity contribution in [2.75, 3.05) is 5.32 Å². The van der Waals surface area contributed by atoms with Gasteiger partial charge in [0.1, 0.15) is 11.3 Å². The minimum absolute atomic E-state index is 0.258. The second kappa shape index (κ2) is 5.10. The number of hydrogen-bond donors (Lipinski definition) is 1. The van der Waals surface area contributed by atoms with E-state index in [-0.39, 0.29) is 5.91 Å². The maximum Gasteiger partial charge on any atom is 0.274 e. The van der Waals surface area contributed by atoms with E-state index in [0.717, 1.165) is 5.56 Å². The second-order valence-corrected chi connectivity index (χ2v) is 4.67. The highest BCUT2D eigenvalue weighted by molar-refractivity contribution is 6.04. The Morgan fingerprint density at radius 2 is 2.19 bits per heavy atom. The number of imidazole rings is 1. The van der Waals surface area contributed by atoms with Crippen LogP contribution in [0.2, 0.25) is 0 Å². The van der Waals surface area contributed by atoms with Crippen molar-refractivity contribution in [3.63, 3.8) is 0 Å². The number of nitriles is 1. The molecule has 2 aromatic heterocycles. The lowest BCUT2D eigenvalue weighted by Crippen LogP contribution is -2.15. The molecule has 0 aliphatic carbocycles. The Labute approximate surface area is 121 Å². The van der Waals surface area contributed by atoms with Gasteiger partial charge in [-0.3, -0.25) is 9.20 Å². The van der Waals surface area contributed by atoms with Gasteiger partial charge in [0.25, 0.3) is 5.91 Å². The molecule has 2 heterocycles. The van der Waals surface area contributed by atoms with Gasteiger partial charge in [0.2, 0.25) is 0 Å². The molecular formula is C16H12N4O. The molecule has 0 atom stereocenters. The van der Waals surface area contributed by atoms with Gasteiger partial charge in [-0.25, -0.2) is 4.98 Å². The van der Waals surface area contributed by atoms with Crippen LogP contribution in [0.1, 0.15) is 21.6 Å². The van der Waals surface area contributed by atoms with Crippen LogP contribution in [0.5, 0.6) is 0 Å². The Morgan fingerprint density at radius 1 is 1.33 bits per heavy atom. The molecule has 0 spiro atoms. The molecule has 0 fully saturated rings. The zero-order valence-corrected chi connectivity index (χ0v) is 11.4. The van der Waals surface area contributed by atoms with Gasteiger partial charge < -0.3 is 5.32 Å². The van der Waals surface area contributed by atoms with Crippen molar-refractivity contribution in [2.45, 2.75) is 6.92 Å². The molecule has 0 unspecified atom stereocenters. The molecule has 102 valence electrons. The van der Waals surface area contributed by atoms with Crippen LogP contribution < -0.4 is 5.32 Å². The predicted molar refractivity (Wildman–Crippen MR) is 79.0 cm³/mol. The Balaban J connectivity index is 1.95. The molecule has 0 bridgehead atoms. The van der Waals surface area contributed by atoms with Gasteiger partial charge in [0.05, 0.1) is 17.8 Å². The highest BCUT2D eigenvalue weighted by Gasteiger charge is 2.13. The maximum absolute atomic E-state index is 12.4. The SMILES string of the molecule is Cc1ccc(C#N)cc1NC(=O)c1cnc2ccccn12. The van der Waals surface area contributed by atoms with Crippen molar-refractivity contribution < 1.29 is 4.79 Å². The first-order valence-corrected chi connectivity index (χ1v) is 6.43. The van der Waals surface area contributed by atoms with E-state index in [2.05, 4.69) is 16.4 Å². The number of amides is 1. The Kier molecular flexibility index (Phi) is 3.13.